The zero-order chi connectivity index (χ0) is 18.5. The van der Waals surface area contributed by atoms with Crippen LogP contribution in [-0.4, -0.2) is 42.2 Å². The molecule has 0 unspecified atom stereocenters. The van der Waals surface area contributed by atoms with Crippen LogP contribution in [0.1, 0.15) is 49.7 Å². The van der Waals surface area contributed by atoms with Crippen molar-refractivity contribution in [3.8, 4) is 0 Å². The maximum Gasteiger partial charge on any atom is 0.408 e. The largest absolute Gasteiger partial charge is 0.444 e. The van der Waals surface area contributed by atoms with E-state index in [9.17, 15) is 9.59 Å². The molecular weight excluding hydrogens is 324 g/mol. The first-order chi connectivity index (χ1) is 10.9. The minimum Gasteiger partial charge on any atom is -0.444 e. The standard InChI is InChI=1S/C18H30N2O3S/c1-13(20-17(22)23-18(2,3)4)14-8-10-15(11-9-14)16(21)19-12-24(5,6)7/h8-11,13H,12H2,1-7H3,(H,19,21)(H,20,22)/t13-/m0/s1. The van der Waals surface area contributed by atoms with Crippen LogP contribution in [0.2, 0.25) is 0 Å². The SMILES string of the molecule is C[C@H](NC(=O)OC(C)(C)C)c1ccc(C(=O)NCS(C)(C)C)cc1. The number of hydrogen-bond acceptors (Lipinski definition) is 3. The Morgan fingerprint density at radius 1 is 1.12 bits per heavy atom. The molecule has 0 saturated heterocycles. The topological polar surface area (TPSA) is 67.4 Å². The van der Waals surface area contributed by atoms with E-state index < -0.39 is 21.7 Å². The predicted octanol–water partition coefficient (Wildman–Crippen LogP) is 3.65. The van der Waals surface area contributed by atoms with E-state index in [1.807, 2.05) is 39.8 Å². The molecule has 0 fully saturated rings. The summed E-state index contributed by atoms with van der Waals surface area (Å²) >= 11 is 0. The Labute approximate surface area is 146 Å². The molecule has 2 N–H and O–H groups in total. The highest BCUT2D eigenvalue weighted by atomic mass is 32.3. The highest BCUT2D eigenvalue weighted by Crippen LogP contribution is 2.32. The van der Waals surface area contributed by atoms with Crippen LogP contribution in [0.3, 0.4) is 0 Å². The van der Waals surface area contributed by atoms with Crippen LogP contribution in [0.5, 0.6) is 0 Å². The van der Waals surface area contributed by atoms with Gasteiger partial charge in [0, 0.05) is 11.4 Å². The first-order valence-corrected chi connectivity index (χ1v) is 10.9. The van der Waals surface area contributed by atoms with Crippen molar-refractivity contribution < 1.29 is 14.3 Å². The van der Waals surface area contributed by atoms with Crippen LogP contribution in [0.4, 0.5) is 4.79 Å². The maximum atomic E-state index is 12.1. The third-order valence-electron chi connectivity index (χ3n) is 3.07. The highest BCUT2D eigenvalue weighted by Gasteiger charge is 2.18. The number of ether oxygens (including phenoxy) is 1. The smallest absolute Gasteiger partial charge is 0.408 e. The molecule has 0 bridgehead atoms. The van der Waals surface area contributed by atoms with Gasteiger partial charge in [-0.15, -0.1) is 0 Å². The van der Waals surface area contributed by atoms with Gasteiger partial charge in [0.05, 0.1) is 6.04 Å². The Morgan fingerprint density at radius 3 is 2.12 bits per heavy atom. The van der Waals surface area contributed by atoms with Crippen LogP contribution in [-0.2, 0) is 4.74 Å². The van der Waals surface area contributed by atoms with Crippen molar-refractivity contribution in [3.63, 3.8) is 0 Å². The lowest BCUT2D eigenvalue weighted by Crippen LogP contribution is -2.34. The molecular formula is C18H30N2O3S. The quantitative estimate of drug-likeness (QED) is 0.848. The average Bonchev–Trinajstić information content (AvgIpc) is 2.42. The van der Waals surface area contributed by atoms with Crippen LogP contribution >= 0.6 is 10.0 Å². The molecule has 2 amide bonds. The second-order valence-corrected chi connectivity index (χ2v) is 12.2. The van der Waals surface area contributed by atoms with Gasteiger partial charge in [-0.2, -0.15) is 0 Å². The van der Waals surface area contributed by atoms with E-state index in [4.69, 9.17) is 4.74 Å². The summed E-state index contributed by atoms with van der Waals surface area (Å²) in [6.07, 6.45) is 6.01. The van der Waals surface area contributed by atoms with E-state index in [0.717, 1.165) is 5.56 Å². The molecule has 0 aromatic heterocycles. The minimum absolute atomic E-state index is 0.0725. The van der Waals surface area contributed by atoms with Gasteiger partial charge in [-0.25, -0.2) is 14.8 Å². The van der Waals surface area contributed by atoms with E-state index in [0.29, 0.717) is 11.4 Å². The van der Waals surface area contributed by atoms with Gasteiger partial charge in [0.1, 0.15) is 5.60 Å². The van der Waals surface area contributed by atoms with Crippen LogP contribution in [0.25, 0.3) is 0 Å². The summed E-state index contributed by atoms with van der Waals surface area (Å²) in [5, 5.41) is 5.74. The summed E-state index contributed by atoms with van der Waals surface area (Å²) in [6, 6.07) is 7.05. The van der Waals surface area contributed by atoms with Gasteiger partial charge in [0.15, 0.2) is 0 Å². The Hall–Kier alpha value is -1.69. The highest BCUT2D eigenvalue weighted by molar-refractivity contribution is 8.32. The normalized spacial score (nSPS) is 13.8. The molecule has 0 heterocycles. The number of benzene rings is 1. The monoisotopic (exact) mass is 354 g/mol. The molecule has 24 heavy (non-hydrogen) atoms. The zero-order valence-corrected chi connectivity index (χ0v) is 16.5. The first kappa shape index (κ1) is 20.4. The number of rotatable bonds is 5. The van der Waals surface area contributed by atoms with E-state index in [2.05, 4.69) is 29.4 Å². The molecule has 1 atom stereocenters. The predicted molar refractivity (Wildman–Crippen MR) is 102 cm³/mol. The lowest BCUT2D eigenvalue weighted by atomic mass is 10.1. The molecule has 0 aliphatic rings. The molecule has 0 spiro atoms. The zero-order valence-electron chi connectivity index (χ0n) is 15.7. The van der Waals surface area contributed by atoms with Crippen molar-refractivity contribution in [2.75, 3.05) is 24.6 Å². The van der Waals surface area contributed by atoms with Gasteiger partial charge >= 0.3 is 6.09 Å². The number of amides is 2. The summed E-state index contributed by atoms with van der Waals surface area (Å²) in [5.41, 5.74) is 1.01. The molecule has 136 valence electrons. The van der Waals surface area contributed by atoms with Crippen molar-refractivity contribution in [3.05, 3.63) is 35.4 Å². The van der Waals surface area contributed by atoms with E-state index >= 15 is 0 Å². The lowest BCUT2D eigenvalue weighted by molar-refractivity contribution is 0.0507. The Bertz CT molecular complexity index is 571. The number of nitrogens with one attached hydrogen (secondary N) is 2. The summed E-state index contributed by atoms with van der Waals surface area (Å²) in [5.74, 6) is 0.626. The Kier molecular flexibility index (Phi) is 6.72. The lowest BCUT2D eigenvalue weighted by Gasteiger charge is -2.25. The Morgan fingerprint density at radius 2 is 1.67 bits per heavy atom. The van der Waals surface area contributed by atoms with Crippen LogP contribution in [0.15, 0.2) is 24.3 Å². The molecule has 0 aliphatic heterocycles. The molecule has 0 saturated carbocycles. The maximum absolute atomic E-state index is 12.1. The number of alkyl carbamates (subject to hydrolysis) is 1. The van der Waals surface area contributed by atoms with Crippen molar-refractivity contribution in [1.82, 2.24) is 10.6 Å². The molecule has 0 aliphatic carbocycles. The van der Waals surface area contributed by atoms with Crippen LogP contribution < -0.4 is 10.6 Å². The summed E-state index contributed by atoms with van der Waals surface area (Å²) < 4.78 is 5.24. The number of carbonyl (C=O) groups excluding carboxylic acids is 2. The minimum atomic E-state index is -0.771. The number of carbonyl (C=O) groups is 2. The molecule has 1 aromatic carbocycles. The van der Waals surface area contributed by atoms with Gasteiger partial charge < -0.3 is 15.4 Å². The number of hydrogen-bond donors (Lipinski definition) is 2. The van der Waals surface area contributed by atoms with Crippen molar-refractivity contribution in [2.24, 2.45) is 0 Å². The second-order valence-electron chi connectivity index (χ2n) is 7.73. The summed E-state index contributed by atoms with van der Waals surface area (Å²) in [6.45, 7) is 7.35. The van der Waals surface area contributed by atoms with Crippen molar-refractivity contribution >= 4 is 22.0 Å². The fraction of sp³-hybridized carbons (Fsp3) is 0.556. The van der Waals surface area contributed by atoms with Gasteiger partial charge in [0.25, 0.3) is 5.91 Å². The van der Waals surface area contributed by atoms with E-state index in [1.165, 1.54) is 0 Å². The van der Waals surface area contributed by atoms with Gasteiger partial charge in [-0.1, -0.05) is 12.1 Å². The summed E-state index contributed by atoms with van der Waals surface area (Å²) in [4.78, 5) is 23.9. The third-order valence-corrected chi connectivity index (χ3v) is 4.08. The second kappa shape index (κ2) is 7.92. The van der Waals surface area contributed by atoms with Gasteiger partial charge in [0.2, 0.25) is 0 Å². The van der Waals surface area contributed by atoms with E-state index in [-0.39, 0.29) is 11.9 Å². The summed E-state index contributed by atoms with van der Waals surface area (Å²) in [7, 11) is -0.771. The molecule has 0 radical (unpaired) electrons. The van der Waals surface area contributed by atoms with Crippen molar-refractivity contribution in [1.29, 1.82) is 0 Å². The average molecular weight is 355 g/mol. The third kappa shape index (κ3) is 7.73. The fourth-order valence-electron chi connectivity index (χ4n) is 1.87. The fourth-order valence-corrected chi connectivity index (χ4v) is 2.44. The van der Waals surface area contributed by atoms with E-state index in [1.54, 1.807) is 12.1 Å². The molecule has 5 nitrogen and oxygen atoms in total. The van der Waals surface area contributed by atoms with Crippen molar-refractivity contribution in [2.45, 2.75) is 39.3 Å². The van der Waals surface area contributed by atoms with Gasteiger partial charge in [-0.3, -0.25) is 4.79 Å². The first-order valence-electron chi connectivity index (χ1n) is 7.91. The van der Waals surface area contributed by atoms with Crippen LogP contribution in [0, 0.1) is 0 Å². The molecule has 6 heteroatoms. The Balaban J connectivity index is 2.63. The van der Waals surface area contributed by atoms with Gasteiger partial charge in [-0.05, 0) is 64.2 Å². The molecule has 1 aromatic rings. The molecule has 1 rings (SSSR count).